The van der Waals surface area contributed by atoms with Crippen molar-refractivity contribution in [2.75, 3.05) is 5.73 Å². The van der Waals surface area contributed by atoms with Crippen LogP contribution in [0.15, 0.2) is 36.7 Å². The maximum Gasteiger partial charge on any atom is 0.153 e. The predicted molar refractivity (Wildman–Crippen MR) is 74.0 cm³/mol. The summed E-state index contributed by atoms with van der Waals surface area (Å²) in [5.41, 5.74) is 8.74. The van der Waals surface area contributed by atoms with E-state index < -0.39 is 0 Å². The Labute approximate surface area is 108 Å². The van der Waals surface area contributed by atoms with Gasteiger partial charge in [-0.3, -0.25) is 4.98 Å². The molecule has 0 saturated heterocycles. The molecule has 2 aromatic rings. The lowest BCUT2D eigenvalue weighted by Crippen LogP contribution is -1.97. The van der Waals surface area contributed by atoms with Gasteiger partial charge in [-0.1, -0.05) is 26.0 Å². The first kappa shape index (κ1) is 12.4. The van der Waals surface area contributed by atoms with Crippen LogP contribution in [0.5, 0.6) is 11.5 Å². The second kappa shape index (κ2) is 5.08. The number of nitrogens with two attached hydrogens (primary N) is 1. The van der Waals surface area contributed by atoms with E-state index in [0.717, 1.165) is 5.75 Å². The zero-order valence-electron chi connectivity index (χ0n) is 11.0. The molecule has 0 fully saturated rings. The van der Waals surface area contributed by atoms with E-state index in [0.29, 0.717) is 17.4 Å². The van der Waals surface area contributed by atoms with Crippen molar-refractivity contribution in [3.63, 3.8) is 0 Å². The Morgan fingerprint density at radius 3 is 2.61 bits per heavy atom. The van der Waals surface area contributed by atoms with Gasteiger partial charge in [0.2, 0.25) is 0 Å². The Morgan fingerprint density at radius 2 is 1.94 bits per heavy atom. The number of anilines is 1. The summed E-state index contributed by atoms with van der Waals surface area (Å²) >= 11 is 0. The molecule has 2 rings (SSSR count). The van der Waals surface area contributed by atoms with Crippen LogP contribution in [0.2, 0.25) is 0 Å². The quantitative estimate of drug-likeness (QED) is 0.888. The van der Waals surface area contributed by atoms with E-state index in [1.165, 1.54) is 11.1 Å². The number of aromatic nitrogens is 1. The van der Waals surface area contributed by atoms with E-state index in [1.54, 1.807) is 18.5 Å². The normalized spacial score (nSPS) is 10.7. The van der Waals surface area contributed by atoms with Crippen LogP contribution < -0.4 is 10.5 Å². The number of aryl methyl sites for hydroxylation is 1. The van der Waals surface area contributed by atoms with Gasteiger partial charge < -0.3 is 10.5 Å². The Balaban J connectivity index is 2.39. The maximum atomic E-state index is 5.92. The second-order valence-electron chi connectivity index (χ2n) is 4.71. The van der Waals surface area contributed by atoms with Crippen LogP contribution in [0.1, 0.15) is 30.9 Å². The molecule has 94 valence electrons. The Kier molecular flexibility index (Phi) is 3.51. The molecule has 1 aromatic heterocycles. The van der Waals surface area contributed by atoms with E-state index in [-0.39, 0.29) is 0 Å². The van der Waals surface area contributed by atoms with Gasteiger partial charge in [-0.2, -0.15) is 0 Å². The molecular weight excluding hydrogens is 224 g/mol. The number of hydrogen-bond acceptors (Lipinski definition) is 3. The zero-order valence-corrected chi connectivity index (χ0v) is 11.0. The van der Waals surface area contributed by atoms with Gasteiger partial charge in [0.15, 0.2) is 5.75 Å². The van der Waals surface area contributed by atoms with Crippen molar-refractivity contribution in [1.82, 2.24) is 4.98 Å². The van der Waals surface area contributed by atoms with Crippen LogP contribution >= 0.6 is 0 Å². The lowest BCUT2D eigenvalue weighted by molar-refractivity contribution is 0.474. The fourth-order valence-electron chi connectivity index (χ4n) is 1.81. The number of nitrogen functional groups attached to an aromatic ring is 1. The highest BCUT2D eigenvalue weighted by Gasteiger charge is 2.10. The third-order valence-corrected chi connectivity index (χ3v) is 2.82. The molecule has 0 unspecified atom stereocenters. The van der Waals surface area contributed by atoms with E-state index in [4.69, 9.17) is 10.5 Å². The van der Waals surface area contributed by atoms with E-state index in [9.17, 15) is 0 Å². The standard InChI is InChI=1S/C15H18N2O/c1-10(2)12-5-4-11(3)8-15(12)18-14-6-7-17-9-13(14)16/h4-10H,16H2,1-3H3. The SMILES string of the molecule is Cc1ccc(C(C)C)c(Oc2ccncc2N)c1. The number of hydrogen-bond donors (Lipinski definition) is 1. The molecule has 3 heteroatoms. The van der Waals surface area contributed by atoms with Gasteiger partial charge in [0.1, 0.15) is 5.75 Å². The summed E-state index contributed by atoms with van der Waals surface area (Å²) in [6.07, 6.45) is 3.27. The van der Waals surface area contributed by atoms with E-state index >= 15 is 0 Å². The maximum absolute atomic E-state index is 5.92. The summed E-state index contributed by atoms with van der Waals surface area (Å²) in [6.45, 7) is 6.34. The minimum Gasteiger partial charge on any atom is -0.455 e. The molecule has 0 bridgehead atoms. The molecule has 1 aromatic carbocycles. The van der Waals surface area contributed by atoms with E-state index in [1.807, 2.05) is 13.0 Å². The number of rotatable bonds is 3. The highest BCUT2D eigenvalue weighted by Crippen LogP contribution is 2.33. The molecule has 0 aliphatic heterocycles. The molecule has 2 N–H and O–H groups in total. The largest absolute Gasteiger partial charge is 0.455 e. The Bertz CT molecular complexity index is 550. The van der Waals surface area contributed by atoms with Crippen LogP contribution in [0, 0.1) is 6.92 Å². The summed E-state index contributed by atoms with van der Waals surface area (Å²) in [4.78, 5) is 3.96. The predicted octanol–water partition coefficient (Wildman–Crippen LogP) is 3.89. The fourth-order valence-corrected chi connectivity index (χ4v) is 1.81. The topological polar surface area (TPSA) is 48.1 Å². The molecule has 0 spiro atoms. The highest BCUT2D eigenvalue weighted by molar-refractivity contribution is 5.53. The lowest BCUT2D eigenvalue weighted by atomic mass is 10.0. The van der Waals surface area contributed by atoms with Gasteiger partial charge in [-0.05, 0) is 30.0 Å². The third kappa shape index (κ3) is 2.62. The molecule has 0 aliphatic carbocycles. The van der Waals surface area contributed by atoms with Crippen molar-refractivity contribution < 1.29 is 4.74 Å². The number of ether oxygens (including phenoxy) is 1. The first-order valence-electron chi connectivity index (χ1n) is 6.06. The van der Waals surface area contributed by atoms with Crippen molar-refractivity contribution >= 4 is 5.69 Å². The van der Waals surface area contributed by atoms with Crippen molar-refractivity contribution in [2.24, 2.45) is 0 Å². The average Bonchev–Trinajstić information content (AvgIpc) is 2.32. The molecule has 0 amide bonds. The monoisotopic (exact) mass is 242 g/mol. The van der Waals surface area contributed by atoms with Gasteiger partial charge in [0.25, 0.3) is 0 Å². The van der Waals surface area contributed by atoms with Crippen LogP contribution in [-0.2, 0) is 0 Å². The average molecular weight is 242 g/mol. The minimum atomic E-state index is 0.406. The summed E-state index contributed by atoms with van der Waals surface area (Å²) < 4.78 is 5.92. The van der Waals surface area contributed by atoms with Gasteiger partial charge in [-0.25, -0.2) is 0 Å². The summed E-state index contributed by atoms with van der Waals surface area (Å²) in [6, 6.07) is 8.02. The van der Waals surface area contributed by atoms with Crippen molar-refractivity contribution in [3.8, 4) is 11.5 Å². The van der Waals surface area contributed by atoms with Gasteiger partial charge in [-0.15, -0.1) is 0 Å². The van der Waals surface area contributed by atoms with Crippen molar-refractivity contribution in [3.05, 3.63) is 47.8 Å². The lowest BCUT2D eigenvalue weighted by Gasteiger charge is -2.15. The van der Waals surface area contributed by atoms with Gasteiger partial charge in [0.05, 0.1) is 11.9 Å². The Hall–Kier alpha value is -2.03. The highest BCUT2D eigenvalue weighted by atomic mass is 16.5. The molecule has 18 heavy (non-hydrogen) atoms. The summed E-state index contributed by atoms with van der Waals surface area (Å²) in [7, 11) is 0. The van der Waals surface area contributed by atoms with Gasteiger partial charge >= 0.3 is 0 Å². The smallest absolute Gasteiger partial charge is 0.153 e. The molecular formula is C15H18N2O. The van der Waals surface area contributed by atoms with E-state index in [2.05, 4.69) is 31.0 Å². The number of benzene rings is 1. The first-order valence-corrected chi connectivity index (χ1v) is 6.06. The van der Waals surface area contributed by atoms with Crippen LogP contribution in [0.4, 0.5) is 5.69 Å². The summed E-state index contributed by atoms with van der Waals surface area (Å²) in [5, 5.41) is 0. The minimum absolute atomic E-state index is 0.406. The molecule has 1 heterocycles. The second-order valence-corrected chi connectivity index (χ2v) is 4.71. The number of nitrogens with zero attached hydrogens (tertiary/aromatic N) is 1. The van der Waals surface area contributed by atoms with Crippen LogP contribution in [0.3, 0.4) is 0 Å². The molecule has 3 nitrogen and oxygen atoms in total. The molecule has 0 radical (unpaired) electrons. The van der Waals surface area contributed by atoms with Crippen molar-refractivity contribution in [1.29, 1.82) is 0 Å². The Morgan fingerprint density at radius 1 is 1.17 bits per heavy atom. The van der Waals surface area contributed by atoms with Gasteiger partial charge in [0, 0.05) is 12.3 Å². The molecule has 0 aliphatic rings. The van der Waals surface area contributed by atoms with Crippen LogP contribution in [0.25, 0.3) is 0 Å². The van der Waals surface area contributed by atoms with Crippen LogP contribution in [-0.4, -0.2) is 4.98 Å². The van der Waals surface area contributed by atoms with Crippen molar-refractivity contribution in [2.45, 2.75) is 26.7 Å². The molecule has 0 saturated carbocycles. The number of pyridine rings is 1. The summed E-state index contributed by atoms with van der Waals surface area (Å²) in [5.74, 6) is 1.92. The fraction of sp³-hybridized carbons (Fsp3) is 0.267. The zero-order chi connectivity index (χ0) is 13.1. The third-order valence-electron chi connectivity index (χ3n) is 2.82. The first-order chi connectivity index (χ1) is 8.58. The molecule has 0 atom stereocenters.